The zero-order chi connectivity index (χ0) is 35.9. The Hall–Kier alpha value is -4.30. The van der Waals surface area contributed by atoms with Gasteiger partial charge in [0.15, 0.2) is 0 Å². The number of carbonyl (C=O) groups excluding carboxylic acids is 4. The second-order valence-electron chi connectivity index (χ2n) is 11.5. The van der Waals surface area contributed by atoms with Gasteiger partial charge in [-0.3, -0.25) is 19.2 Å². The number of nitrogens with zero attached hydrogens (tertiary/aromatic N) is 2. The normalized spacial score (nSPS) is 18.2. The van der Waals surface area contributed by atoms with Crippen molar-refractivity contribution in [3.63, 3.8) is 0 Å². The van der Waals surface area contributed by atoms with Gasteiger partial charge in [-0.1, -0.05) is 66.0 Å². The van der Waals surface area contributed by atoms with Gasteiger partial charge in [0.1, 0.15) is 11.6 Å². The number of aliphatic hydroxyl groups excluding tert-OH is 2. The van der Waals surface area contributed by atoms with Gasteiger partial charge in [-0.15, -0.1) is 0 Å². The molecule has 0 radical (unpaired) electrons. The third kappa shape index (κ3) is 10.4. The van der Waals surface area contributed by atoms with Crippen LogP contribution in [0.4, 0.5) is 23.0 Å². The van der Waals surface area contributed by atoms with Crippen LogP contribution in [0.5, 0.6) is 0 Å². The Bertz CT molecular complexity index is 1750. The van der Waals surface area contributed by atoms with Gasteiger partial charge in [-0.2, -0.15) is 0 Å². The predicted molar refractivity (Wildman–Crippen MR) is 199 cm³/mol. The summed E-state index contributed by atoms with van der Waals surface area (Å²) >= 11 is 24.1. The Morgan fingerprint density at radius 3 is 1.27 bits per heavy atom. The largest absolute Gasteiger partial charge is 0.396 e. The first-order valence-electron chi connectivity index (χ1n) is 15.2. The number of nitrogens with one attached hydrogen (secondary N) is 4. The molecule has 0 aliphatic heterocycles. The lowest BCUT2D eigenvalue weighted by atomic mass is 10.2. The lowest BCUT2D eigenvalue weighted by Crippen LogP contribution is -2.17. The number of carbonyl (C=O) groups is 4. The first-order valence-corrected chi connectivity index (χ1v) is 16.8. The molecule has 12 nitrogen and oxygen atoms in total. The van der Waals surface area contributed by atoms with Crippen molar-refractivity contribution in [2.45, 2.75) is 20.3 Å². The summed E-state index contributed by atoms with van der Waals surface area (Å²) in [6.45, 7) is 0.000410. The topological polar surface area (TPSA) is 183 Å². The van der Waals surface area contributed by atoms with Crippen molar-refractivity contribution in [1.82, 2.24) is 9.97 Å². The summed E-state index contributed by atoms with van der Waals surface area (Å²) < 4.78 is 0. The molecule has 51 heavy (non-hydrogen) atoms. The highest BCUT2D eigenvalue weighted by molar-refractivity contribution is 6.41. The van der Waals surface area contributed by atoms with Crippen molar-refractivity contribution in [2.24, 2.45) is 23.7 Å². The van der Waals surface area contributed by atoms with E-state index in [2.05, 4.69) is 31.2 Å². The third-order valence-corrected chi connectivity index (χ3v) is 9.17. The summed E-state index contributed by atoms with van der Waals surface area (Å²) in [5.41, 5.74) is 1.25. The summed E-state index contributed by atoms with van der Waals surface area (Å²) in [6.07, 6.45) is 4.28. The molecule has 2 aromatic carbocycles. The van der Waals surface area contributed by atoms with Gasteiger partial charge >= 0.3 is 0 Å². The molecule has 268 valence electrons. The van der Waals surface area contributed by atoms with Crippen LogP contribution < -0.4 is 21.3 Å². The first-order chi connectivity index (χ1) is 24.0. The van der Waals surface area contributed by atoms with E-state index < -0.39 is 11.8 Å². The summed E-state index contributed by atoms with van der Waals surface area (Å²) in [7, 11) is 0. The maximum atomic E-state index is 12.4. The number of anilines is 4. The molecule has 2 aliphatic rings. The molecule has 16 heteroatoms. The number of halogens is 4. The number of benzene rings is 2. The maximum Gasteiger partial charge on any atom is 0.258 e. The summed E-state index contributed by atoms with van der Waals surface area (Å²) in [5.74, 6) is -1.00. The zero-order valence-corrected chi connectivity index (χ0v) is 29.0. The minimum Gasteiger partial charge on any atom is -0.396 e. The summed E-state index contributed by atoms with van der Waals surface area (Å²) in [5, 5.41) is 29.8. The van der Waals surface area contributed by atoms with E-state index in [-0.39, 0.29) is 87.3 Å². The van der Waals surface area contributed by atoms with Crippen molar-refractivity contribution < 1.29 is 29.4 Å². The van der Waals surface area contributed by atoms with E-state index >= 15 is 0 Å². The molecule has 4 atom stereocenters. The first kappa shape index (κ1) is 39.5. The van der Waals surface area contributed by atoms with E-state index in [9.17, 15) is 19.2 Å². The van der Waals surface area contributed by atoms with Crippen LogP contribution in [-0.2, 0) is 9.59 Å². The fourth-order valence-electron chi connectivity index (χ4n) is 4.95. The van der Waals surface area contributed by atoms with Crippen molar-refractivity contribution in [1.29, 1.82) is 0 Å². The fourth-order valence-corrected chi connectivity index (χ4v) is 6.09. The second-order valence-corrected chi connectivity index (χ2v) is 13.1. The lowest BCUT2D eigenvalue weighted by Gasteiger charge is -2.10. The van der Waals surface area contributed by atoms with Crippen LogP contribution in [0.3, 0.4) is 0 Å². The average molecular weight is 777 g/mol. The molecule has 0 spiro atoms. The molecule has 2 aliphatic carbocycles. The van der Waals surface area contributed by atoms with E-state index in [0.717, 1.165) is 0 Å². The lowest BCUT2D eigenvalue weighted by molar-refractivity contribution is -0.118. The van der Waals surface area contributed by atoms with Crippen molar-refractivity contribution in [3.05, 3.63) is 104 Å². The minimum atomic E-state index is -0.457. The number of rotatable bonds is 10. The molecule has 2 heterocycles. The van der Waals surface area contributed by atoms with Crippen LogP contribution in [0.15, 0.2) is 73.1 Å². The summed E-state index contributed by atoms with van der Waals surface area (Å²) in [6, 6.07) is 15.9. The molecule has 0 unspecified atom stereocenters. The number of hydrogen-bond acceptors (Lipinski definition) is 8. The highest BCUT2D eigenvalue weighted by atomic mass is 35.5. The Morgan fingerprint density at radius 2 is 0.961 bits per heavy atom. The Kier molecular flexibility index (Phi) is 13.8. The number of aliphatic hydroxyl groups is 2. The van der Waals surface area contributed by atoms with E-state index in [1.165, 1.54) is 24.5 Å². The van der Waals surface area contributed by atoms with Gasteiger partial charge in [0.2, 0.25) is 11.8 Å². The quantitative estimate of drug-likeness (QED) is 0.0991. The standard InChI is InChI=1S/2C17H15Cl2N3O3.CH4/c2*18-12-2-1-3-13(19)15(12)17(25)21-10-4-5-20-14(7-10)22-16(24)11-6-9(11)8-23;/h2*1-5,7,9,11,23H,6,8H2,(H2,20,21,22,24,25);1H4/t2*9-,11+;/m10./s1. The second kappa shape index (κ2) is 17.8. The highest BCUT2D eigenvalue weighted by Gasteiger charge is 2.43. The SMILES string of the molecule is C.O=C(Nc1ccnc(NC(=O)[C@@H]2C[C@H]2CO)c1)c1c(Cl)cccc1Cl.O=C(Nc1ccnc(NC(=O)[C@H]2C[C@@H]2CO)c1)c1c(Cl)cccc1Cl. The molecular weight excluding hydrogens is 742 g/mol. The molecule has 2 fully saturated rings. The van der Waals surface area contributed by atoms with Crippen LogP contribution in [0.1, 0.15) is 41.0 Å². The van der Waals surface area contributed by atoms with Crippen molar-refractivity contribution in [2.75, 3.05) is 34.5 Å². The van der Waals surface area contributed by atoms with Crippen LogP contribution in [0.25, 0.3) is 0 Å². The van der Waals surface area contributed by atoms with E-state index in [1.807, 2.05) is 0 Å². The van der Waals surface area contributed by atoms with Gasteiger partial charge < -0.3 is 31.5 Å². The molecule has 0 saturated heterocycles. The smallest absolute Gasteiger partial charge is 0.258 e. The molecule has 4 aromatic rings. The van der Waals surface area contributed by atoms with Gasteiger partial charge in [0.25, 0.3) is 11.8 Å². The zero-order valence-electron chi connectivity index (χ0n) is 26.0. The number of amides is 4. The van der Waals surface area contributed by atoms with Gasteiger partial charge in [0.05, 0.1) is 31.2 Å². The summed E-state index contributed by atoms with van der Waals surface area (Å²) in [4.78, 5) is 56.9. The minimum absolute atomic E-state index is 0. The number of aromatic nitrogens is 2. The number of hydrogen-bond donors (Lipinski definition) is 6. The van der Waals surface area contributed by atoms with Crippen LogP contribution in [0.2, 0.25) is 20.1 Å². The average Bonchev–Trinajstić information content (AvgIpc) is 4.00. The Morgan fingerprint density at radius 1 is 0.608 bits per heavy atom. The molecule has 0 bridgehead atoms. The fraction of sp³-hybridized carbons (Fsp3) is 0.257. The highest BCUT2D eigenvalue weighted by Crippen LogP contribution is 2.39. The molecule has 6 rings (SSSR count). The monoisotopic (exact) mass is 774 g/mol. The van der Waals surface area contributed by atoms with Crippen molar-refractivity contribution >= 4 is 93.0 Å². The maximum absolute atomic E-state index is 12.4. The van der Waals surface area contributed by atoms with Gasteiger partial charge in [-0.25, -0.2) is 9.97 Å². The van der Waals surface area contributed by atoms with E-state index in [0.29, 0.717) is 35.9 Å². The molecule has 4 amide bonds. The molecule has 2 aromatic heterocycles. The third-order valence-electron chi connectivity index (χ3n) is 7.91. The van der Waals surface area contributed by atoms with E-state index in [1.54, 1.807) is 48.5 Å². The molecular formula is C35H34Cl4N6O6. The van der Waals surface area contributed by atoms with Gasteiger partial charge in [-0.05, 0) is 61.1 Å². The molecule has 6 N–H and O–H groups in total. The van der Waals surface area contributed by atoms with Crippen molar-refractivity contribution in [3.8, 4) is 0 Å². The molecule has 2 saturated carbocycles. The van der Waals surface area contributed by atoms with E-state index in [4.69, 9.17) is 56.6 Å². The van der Waals surface area contributed by atoms with Crippen LogP contribution in [0, 0.1) is 23.7 Å². The van der Waals surface area contributed by atoms with Crippen LogP contribution >= 0.6 is 46.4 Å². The van der Waals surface area contributed by atoms with Gasteiger partial charge in [0, 0.05) is 61.0 Å². The number of pyridine rings is 2. The Balaban J connectivity index is 0.000000224. The van der Waals surface area contributed by atoms with Crippen LogP contribution in [-0.4, -0.2) is 57.0 Å². The predicted octanol–water partition coefficient (Wildman–Crippen LogP) is 7.05. The Labute approximate surface area is 313 Å².